The number of esters is 1. The van der Waals surface area contributed by atoms with Gasteiger partial charge in [-0.3, -0.25) is 4.79 Å². The Balaban J connectivity index is 2.18. The maximum Gasteiger partial charge on any atom is 0.309 e. The first-order valence-electron chi connectivity index (χ1n) is 4.87. The summed E-state index contributed by atoms with van der Waals surface area (Å²) in [5.74, 6) is 2.01. The minimum absolute atomic E-state index is 0.0584. The van der Waals surface area contributed by atoms with Crippen LogP contribution in [0.3, 0.4) is 0 Å². The van der Waals surface area contributed by atoms with E-state index in [0.29, 0.717) is 24.4 Å². The number of hydrogen-bond acceptors (Lipinski definition) is 2. The van der Waals surface area contributed by atoms with Gasteiger partial charge < -0.3 is 4.74 Å². The number of carbonyl (C=O) groups is 1. The fraction of sp³-hybridized carbons (Fsp3) is 0.900. The third kappa shape index (κ3) is 1.05. The van der Waals surface area contributed by atoms with Crippen LogP contribution < -0.4 is 0 Å². The van der Waals surface area contributed by atoms with E-state index >= 15 is 0 Å². The number of rotatable bonds is 0. The molecule has 0 amide bonds. The van der Waals surface area contributed by atoms with E-state index in [1.54, 1.807) is 0 Å². The highest BCUT2D eigenvalue weighted by atomic mass is 16.5. The molecule has 1 saturated heterocycles. The number of ether oxygens (including phenoxy) is 1. The Morgan fingerprint density at radius 3 is 2.67 bits per heavy atom. The maximum absolute atomic E-state index is 11.4. The average molecular weight is 168 g/mol. The lowest BCUT2D eigenvalue weighted by molar-refractivity contribution is -0.160. The smallest absolute Gasteiger partial charge is 0.309 e. The van der Waals surface area contributed by atoms with Crippen molar-refractivity contribution in [3.8, 4) is 0 Å². The quantitative estimate of drug-likeness (QED) is 0.516. The van der Waals surface area contributed by atoms with Crippen LogP contribution in [0.15, 0.2) is 0 Å². The molecule has 12 heavy (non-hydrogen) atoms. The van der Waals surface area contributed by atoms with E-state index in [1.165, 1.54) is 12.8 Å². The molecular formula is C10H16O2. The molecule has 0 N–H and O–H groups in total. The van der Waals surface area contributed by atoms with Gasteiger partial charge >= 0.3 is 5.97 Å². The summed E-state index contributed by atoms with van der Waals surface area (Å²) < 4.78 is 5.14. The zero-order valence-electron chi connectivity index (χ0n) is 7.75. The van der Waals surface area contributed by atoms with E-state index in [0.717, 1.165) is 0 Å². The minimum atomic E-state index is 0.0584. The molecule has 2 fully saturated rings. The van der Waals surface area contributed by atoms with E-state index in [4.69, 9.17) is 4.74 Å². The average Bonchev–Trinajstić information content (AvgIpc) is 2.42. The molecule has 2 heteroatoms. The third-order valence-electron chi connectivity index (χ3n) is 3.52. The molecule has 0 aromatic heterocycles. The molecule has 0 bridgehead atoms. The number of hydrogen-bond donors (Lipinski definition) is 0. The summed E-state index contributed by atoms with van der Waals surface area (Å²) in [7, 11) is 0. The van der Waals surface area contributed by atoms with Gasteiger partial charge in [0.15, 0.2) is 0 Å². The van der Waals surface area contributed by atoms with Crippen molar-refractivity contribution in [1.82, 2.24) is 0 Å². The number of carbonyl (C=O) groups excluding carboxylic acids is 1. The predicted octanol–water partition coefficient (Wildman–Crippen LogP) is 1.84. The Morgan fingerprint density at radius 2 is 2.00 bits per heavy atom. The predicted molar refractivity (Wildman–Crippen MR) is 45.5 cm³/mol. The Morgan fingerprint density at radius 1 is 1.25 bits per heavy atom. The Hall–Kier alpha value is -0.530. The SMILES string of the molecule is C[C@H]1COC(=O)[C@H]2[C@@H]1CC[C@@H]2C. The Kier molecular flexibility index (Phi) is 1.85. The molecule has 1 saturated carbocycles. The van der Waals surface area contributed by atoms with Crippen LogP contribution in [0.5, 0.6) is 0 Å². The Bertz CT molecular complexity index is 200. The standard InChI is InChI=1S/C10H16O2/c1-6-3-4-8-7(2)5-12-10(11)9(6)8/h6-9H,3-5H2,1-2H3/t6-,7-,8+,9+/m0/s1. The van der Waals surface area contributed by atoms with Gasteiger partial charge in [-0.25, -0.2) is 0 Å². The van der Waals surface area contributed by atoms with Crippen molar-refractivity contribution in [2.24, 2.45) is 23.7 Å². The summed E-state index contributed by atoms with van der Waals surface area (Å²) >= 11 is 0. The van der Waals surface area contributed by atoms with Crippen LogP contribution in [0.25, 0.3) is 0 Å². The highest BCUT2D eigenvalue weighted by molar-refractivity contribution is 5.74. The van der Waals surface area contributed by atoms with Crippen LogP contribution in [0, 0.1) is 23.7 Å². The molecule has 2 rings (SSSR count). The topological polar surface area (TPSA) is 26.3 Å². The van der Waals surface area contributed by atoms with Crippen LogP contribution in [-0.4, -0.2) is 12.6 Å². The van der Waals surface area contributed by atoms with Crippen LogP contribution >= 0.6 is 0 Å². The second-order valence-electron chi connectivity index (χ2n) is 4.35. The molecule has 68 valence electrons. The summed E-state index contributed by atoms with van der Waals surface area (Å²) in [6.07, 6.45) is 2.43. The second-order valence-corrected chi connectivity index (χ2v) is 4.35. The molecule has 1 aliphatic heterocycles. The molecule has 1 aliphatic carbocycles. The van der Waals surface area contributed by atoms with Crippen molar-refractivity contribution in [3.63, 3.8) is 0 Å². The van der Waals surface area contributed by atoms with E-state index in [-0.39, 0.29) is 11.9 Å². The lowest BCUT2D eigenvalue weighted by Gasteiger charge is -2.31. The molecule has 0 unspecified atom stereocenters. The first kappa shape index (κ1) is 8.09. The van der Waals surface area contributed by atoms with Crippen molar-refractivity contribution >= 4 is 5.97 Å². The summed E-state index contributed by atoms with van der Waals surface area (Å²) in [4.78, 5) is 11.4. The Labute approximate surface area is 73.3 Å². The van der Waals surface area contributed by atoms with Gasteiger partial charge in [0.2, 0.25) is 0 Å². The van der Waals surface area contributed by atoms with Gasteiger partial charge in [0.05, 0.1) is 12.5 Å². The van der Waals surface area contributed by atoms with E-state index < -0.39 is 0 Å². The summed E-state index contributed by atoms with van der Waals surface area (Å²) in [6.45, 7) is 5.01. The van der Waals surface area contributed by atoms with Gasteiger partial charge in [-0.15, -0.1) is 0 Å². The number of fused-ring (bicyclic) bond motifs is 1. The van der Waals surface area contributed by atoms with Crippen LogP contribution in [0.1, 0.15) is 26.7 Å². The van der Waals surface area contributed by atoms with E-state index in [1.807, 2.05) is 0 Å². The van der Waals surface area contributed by atoms with Crippen LogP contribution in [0.4, 0.5) is 0 Å². The molecule has 2 aliphatic rings. The van der Waals surface area contributed by atoms with E-state index in [9.17, 15) is 4.79 Å². The largest absolute Gasteiger partial charge is 0.465 e. The molecule has 0 aromatic rings. The van der Waals surface area contributed by atoms with Crippen LogP contribution in [0.2, 0.25) is 0 Å². The lowest BCUT2D eigenvalue weighted by atomic mass is 9.81. The molecule has 0 aromatic carbocycles. The fourth-order valence-electron chi connectivity index (χ4n) is 2.72. The van der Waals surface area contributed by atoms with Gasteiger partial charge in [0.1, 0.15) is 0 Å². The normalized spacial score (nSPS) is 47.0. The summed E-state index contributed by atoms with van der Waals surface area (Å²) in [6, 6.07) is 0. The highest BCUT2D eigenvalue weighted by Gasteiger charge is 2.45. The summed E-state index contributed by atoms with van der Waals surface area (Å²) in [5, 5.41) is 0. The second kappa shape index (κ2) is 2.75. The van der Waals surface area contributed by atoms with Gasteiger partial charge in [0, 0.05) is 0 Å². The molecule has 0 spiro atoms. The van der Waals surface area contributed by atoms with Crippen molar-refractivity contribution in [3.05, 3.63) is 0 Å². The first-order valence-corrected chi connectivity index (χ1v) is 4.87. The number of cyclic esters (lactones) is 1. The highest BCUT2D eigenvalue weighted by Crippen LogP contribution is 2.44. The van der Waals surface area contributed by atoms with Crippen molar-refractivity contribution in [2.45, 2.75) is 26.7 Å². The zero-order valence-corrected chi connectivity index (χ0v) is 7.75. The maximum atomic E-state index is 11.4. The van der Waals surface area contributed by atoms with Gasteiger partial charge in [-0.2, -0.15) is 0 Å². The van der Waals surface area contributed by atoms with Crippen molar-refractivity contribution in [2.75, 3.05) is 6.61 Å². The van der Waals surface area contributed by atoms with Crippen molar-refractivity contribution < 1.29 is 9.53 Å². The van der Waals surface area contributed by atoms with E-state index in [2.05, 4.69) is 13.8 Å². The minimum Gasteiger partial charge on any atom is -0.465 e. The van der Waals surface area contributed by atoms with Gasteiger partial charge in [-0.05, 0) is 30.6 Å². The van der Waals surface area contributed by atoms with Gasteiger partial charge in [-0.1, -0.05) is 13.8 Å². The molecule has 1 heterocycles. The fourth-order valence-corrected chi connectivity index (χ4v) is 2.72. The van der Waals surface area contributed by atoms with Crippen LogP contribution in [-0.2, 0) is 9.53 Å². The third-order valence-corrected chi connectivity index (χ3v) is 3.52. The van der Waals surface area contributed by atoms with Crippen molar-refractivity contribution in [1.29, 1.82) is 0 Å². The van der Waals surface area contributed by atoms with Gasteiger partial charge in [0.25, 0.3) is 0 Å². The molecule has 4 atom stereocenters. The monoisotopic (exact) mass is 168 g/mol. The molecular weight excluding hydrogens is 152 g/mol. The zero-order chi connectivity index (χ0) is 8.72. The first-order chi connectivity index (χ1) is 5.70. The molecule has 0 radical (unpaired) electrons. The lowest BCUT2D eigenvalue weighted by Crippen LogP contribution is -2.37. The summed E-state index contributed by atoms with van der Waals surface area (Å²) in [5.41, 5.74) is 0. The molecule has 2 nitrogen and oxygen atoms in total.